The number of halogens is 1. The lowest BCUT2D eigenvalue weighted by Gasteiger charge is -2.21. The predicted molar refractivity (Wildman–Crippen MR) is 134 cm³/mol. The zero-order chi connectivity index (χ0) is 20.9. The average Bonchev–Trinajstić information content (AvgIpc) is 3.21. The highest BCUT2D eigenvalue weighted by Gasteiger charge is 2.21. The highest BCUT2D eigenvalue weighted by atomic mass is 35.5. The summed E-state index contributed by atoms with van der Waals surface area (Å²) in [7, 11) is 4.10. The van der Waals surface area contributed by atoms with Crippen molar-refractivity contribution in [2.24, 2.45) is 0 Å². The number of hydrogen-bond donors (Lipinski definition) is 0. The van der Waals surface area contributed by atoms with Crippen LogP contribution in [-0.4, -0.2) is 43.0 Å². The van der Waals surface area contributed by atoms with Crippen LogP contribution in [-0.2, 0) is 0 Å². The fraction of sp³-hybridized carbons (Fsp3) is 0.200. The fourth-order valence-electron chi connectivity index (χ4n) is 3.40. The first kappa shape index (κ1) is 22.9. The van der Waals surface area contributed by atoms with Gasteiger partial charge in [-0.05, 0) is 62.5 Å². The quantitative estimate of drug-likeness (QED) is 0.346. The minimum absolute atomic E-state index is 0. The van der Waals surface area contributed by atoms with Crippen molar-refractivity contribution in [2.45, 2.75) is 6.42 Å². The molecule has 3 aromatic carbocycles. The van der Waals surface area contributed by atoms with Gasteiger partial charge in [0, 0.05) is 12.1 Å². The van der Waals surface area contributed by atoms with Crippen molar-refractivity contribution in [2.75, 3.05) is 32.1 Å². The molecule has 1 amide bonds. The molecule has 0 aliphatic heterocycles. The Morgan fingerprint density at radius 3 is 2.16 bits per heavy atom. The summed E-state index contributed by atoms with van der Waals surface area (Å²) < 4.78 is 1.09. The van der Waals surface area contributed by atoms with Crippen molar-refractivity contribution in [1.82, 2.24) is 9.88 Å². The second kappa shape index (κ2) is 10.5. The van der Waals surface area contributed by atoms with Crippen LogP contribution in [0, 0.1) is 0 Å². The van der Waals surface area contributed by atoms with Gasteiger partial charge in [-0.2, -0.15) is 0 Å². The summed E-state index contributed by atoms with van der Waals surface area (Å²) in [4.78, 5) is 22.1. The fourth-order valence-corrected chi connectivity index (χ4v) is 4.39. The van der Waals surface area contributed by atoms with E-state index in [1.165, 1.54) is 0 Å². The summed E-state index contributed by atoms with van der Waals surface area (Å²) in [5.41, 5.74) is 3.86. The van der Waals surface area contributed by atoms with Gasteiger partial charge in [-0.25, -0.2) is 4.98 Å². The molecule has 0 spiro atoms. The Kier molecular flexibility index (Phi) is 7.80. The second-order valence-electron chi connectivity index (χ2n) is 7.52. The van der Waals surface area contributed by atoms with Crippen LogP contribution in [0.3, 0.4) is 0 Å². The van der Waals surface area contributed by atoms with Gasteiger partial charge in [0.05, 0.1) is 10.2 Å². The van der Waals surface area contributed by atoms with E-state index in [-0.39, 0.29) is 18.3 Å². The number of carbonyl (C=O) groups excluding carboxylic acids is 1. The van der Waals surface area contributed by atoms with Crippen LogP contribution in [0.2, 0.25) is 0 Å². The maximum absolute atomic E-state index is 13.4. The van der Waals surface area contributed by atoms with E-state index in [0.29, 0.717) is 12.1 Å². The number of thiazole rings is 1. The van der Waals surface area contributed by atoms with Crippen molar-refractivity contribution < 1.29 is 4.79 Å². The highest BCUT2D eigenvalue weighted by molar-refractivity contribution is 7.22. The van der Waals surface area contributed by atoms with Crippen molar-refractivity contribution >= 4 is 45.0 Å². The average molecular weight is 452 g/mol. The zero-order valence-corrected chi connectivity index (χ0v) is 19.3. The van der Waals surface area contributed by atoms with E-state index in [2.05, 4.69) is 17.0 Å². The number of hydrogen-bond acceptors (Lipinski definition) is 4. The van der Waals surface area contributed by atoms with Crippen molar-refractivity contribution in [1.29, 1.82) is 0 Å². The van der Waals surface area contributed by atoms with E-state index in [0.717, 1.165) is 39.4 Å². The molecule has 0 radical (unpaired) electrons. The molecule has 160 valence electrons. The second-order valence-corrected chi connectivity index (χ2v) is 8.53. The van der Waals surface area contributed by atoms with Crippen molar-refractivity contribution in [3.05, 3.63) is 84.4 Å². The van der Waals surface area contributed by atoms with Gasteiger partial charge in [-0.1, -0.05) is 65.9 Å². The topological polar surface area (TPSA) is 36.4 Å². The molecule has 0 saturated carbocycles. The van der Waals surface area contributed by atoms with Crippen molar-refractivity contribution in [3.63, 3.8) is 0 Å². The number of fused-ring (bicyclic) bond motifs is 1. The largest absolute Gasteiger partial charge is 0.309 e. The molecule has 4 rings (SSSR count). The summed E-state index contributed by atoms with van der Waals surface area (Å²) in [6, 6.07) is 26.1. The normalized spacial score (nSPS) is 10.8. The number of amides is 1. The molecule has 0 fully saturated rings. The van der Waals surface area contributed by atoms with Gasteiger partial charge in [0.15, 0.2) is 5.13 Å². The molecular weight excluding hydrogens is 426 g/mol. The van der Waals surface area contributed by atoms with Gasteiger partial charge in [0.25, 0.3) is 5.91 Å². The summed E-state index contributed by atoms with van der Waals surface area (Å²) >= 11 is 1.57. The lowest BCUT2D eigenvalue weighted by atomic mass is 10.0. The molecule has 0 aliphatic rings. The third-order valence-corrected chi connectivity index (χ3v) is 6.04. The zero-order valence-electron chi connectivity index (χ0n) is 17.7. The van der Waals surface area contributed by atoms with Gasteiger partial charge in [-0.15, -0.1) is 12.4 Å². The molecule has 1 aromatic heterocycles. The summed E-state index contributed by atoms with van der Waals surface area (Å²) in [5, 5.41) is 0.757. The third kappa shape index (κ3) is 5.50. The molecule has 0 atom stereocenters. The van der Waals surface area contributed by atoms with E-state index >= 15 is 0 Å². The van der Waals surface area contributed by atoms with Crippen LogP contribution >= 0.6 is 23.7 Å². The molecule has 0 N–H and O–H groups in total. The molecule has 0 bridgehead atoms. The number of carbonyl (C=O) groups is 1. The number of aromatic nitrogens is 1. The van der Waals surface area contributed by atoms with Crippen LogP contribution < -0.4 is 4.90 Å². The third-order valence-electron chi connectivity index (χ3n) is 4.98. The molecule has 0 aliphatic carbocycles. The van der Waals surface area contributed by atoms with Crippen LogP contribution in [0.25, 0.3) is 21.3 Å². The number of nitrogens with zero attached hydrogens (tertiary/aromatic N) is 3. The number of anilines is 1. The molecule has 4 nitrogen and oxygen atoms in total. The predicted octanol–water partition coefficient (Wildman–Crippen LogP) is 5.98. The Morgan fingerprint density at radius 1 is 0.839 bits per heavy atom. The monoisotopic (exact) mass is 451 g/mol. The molecule has 31 heavy (non-hydrogen) atoms. The first-order valence-corrected chi connectivity index (χ1v) is 10.9. The Balaban J connectivity index is 0.00000272. The Morgan fingerprint density at radius 2 is 1.48 bits per heavy atom. The summed E-state index contributed by atoms with van der Waals surface area (Å²) in [5.74, 6) is -0.00701. The van der Waals surface area contributed by atoms with Crippen LogP contribution in [0.4, 0.5) is 5.13 Å². The maximum atomic E-state index is 13.4. The van der Waals surface area contributed by atoms with Gasteiger partial charge in [-0.3, -0.25) is 9.69 Å². The lowest BCUT2D eigenvalue weighted by Crippen LogP contribution is -2.33. The first-order valence-electron chi connectivity index (χ1n) is 10.1. The molecule has 1 heterocycles. The number of rotatable bonds is 7. The van der Waals surface area contributed by atoms with E-state index in [1.54, 1.807) is 11.3 Å². The lowest BCUT2D eigenvalue weighted by molar-refractivity contribution is 0.0986. The van der Waals surface area contributed by atoms with Gasteiger partial charge >= 0.3 is 0 Å². The molecule has 4 aromatic rings. The Bertz CT molecular complexity index is 1090. The van der Waals surface area contributed by atoms with E-state index < -0.39 is 0 Å². The summed E-state index contributed by atoms with van der Waals surface area (Å²) in [6.07, 6.45) is 0.886. The smallest absolute Gasteiger partial charge is 0.260 e. The Hall–Kier alpha value is -2.73. The van der Waals surface area contributed by atoms with Gasteiger partial charge < -0.3 is 4.90 Å². The van der Waals surface area contributed by atoms with E-state index in [9.17, 15) is 4.79 Å². The van der Waals surface area contributed by atoms with Crippen LogP contribution in [0.1, 0.15) is 16.8 Å². The van der Waals surface area contributed by atoms with Crippen molar-refractivity contribution in [3.8, 4) is 11.1 Å². The molecule has 0 unspecified atom stereocenters. The van der Waals surface area contributed by atoms with Gasteiger partial charge in [0.2, 0.25) is 0 Å². The maximum Gasteiger partial charge on any atom is 0.260 e. The minimum Gasteiger partial charge on any atom is -0.309 e. The highest BCUT2D eigenvalue weighted by Crippen LogP contribution is 2.30. The van der Waals surface area contributed by atoms with Crippen LogP contribution in [0.15, 0.2) is 78.9 Å². The molecular formula is C25H26ClN3OS. The molecule has 6 heteroatoms. The van der Waals surface area contributed by atoms with E-state index in [4.69, 9.17) is 4.98 Å². The minimum atomic E-state index is -0.00701. The Labute approximate surface area is 193 Å². The standard InChI is InChI=1S/C25H25N3OS.ClH/c1-27(2)17-8-18-28(25-26-22-11-6-7-12-23(22)30-25)24(29)21-15-13-20(14-16-21)19-9-4-3-5-10-19;/h3-7,9-16H,8,17-18H2,1-2H3;1H. The van der Waals surface area contributed by atoms with E-state index in [1.807, 2.05) is 85.7 Å². The number of benzene rings is 3. The first-order chi connectivity index (χ1) is 14.6. The van der Waals surface area contributed by atoms with Gasteiger partial charge in [0.1, 0.15) is 0 Å². The summed E-state index contributed by atoms with van der Waals surface area (Å²) in [6.45, 7) is 1.55. The van der Waals surface area contributed by atoms with Crippen LogP contribution in [0.5, 0.6) is 0 Å². The SMILES string of the molecule is CN(C)CCCN(C(=O)c1ccc(-c2ccccc2)cc1)c1nc2ccccc2s1.Cl. The number of para-hydroxylation sites is 1. The molecule has 0 saturated heterocycles.